The lowest BCUT2D eigenvalue weighted by Gasteiger charge is -2.40. The minimum absolute atomic E-state index is 0. The Labute approximate surface area is 243 Å². The highest BCUT2D eigenvalue weighted by molar-refractivity contribution is 7.89. The number of carbonyl (C=O) groups is 1. The summed E-state index contributed by atoms with van der Waals surface area (Å²) in [4.78, 5) is 29.7. The smallest absolute Gasteiger partial charge is 0.343 e. The zero-order chi connectivity index (χ0) is 26.0. The molecule has 220 valence electrons. The first-order chi connectivity index (χ1) is 17.8. The van der Waals surface area contributed by atoms with Gasteiger partial charge in [0.25, 0.3) is 0 Å². The molecular weight excluding hydrogens is 561 g/mol. The summed E-state index contributed by atoms with van der Waals surface area (Å²) in [7, 11) is -3.81. The van der Waals surface area contributed by atoms with E-state index in [9.17, 15) is 18.0 Å². The van der Waals surface area contributed by atoms with Gasteiger partial charge in [0.05, 0.1) is 29.2 Å². The summed E-state index contributed by atoms with van der Waals surface area (Å²) in [5, 5.41) is 6.53. The fraction of sp³-hybridized carbons (Fsp3) is 0.704. The first kappa shape index (κ1) is 31.9. The van der Waals surface area contributed by atoms with Crippen molar-refractivity contribution < 1.29 is 13.2 Å². The van der Waals surface area contributed by atoms with Gasteiger partial charge in [-0.1, -0.05) is 44.2 Å². The predicted molar refractivity (Wildman–Crippen MR) is 160 cm³/mol. The molecule has 3 heterocycles. The van der Waals surface area contributed by atoms with Crippen LogP contribution in [0.4, 0.5) is 0 Å². The summed E-state index contributed by atoms with van der Waals surface area (Å²) in [5.74, 6) is 0.179. The Balaban J connectivity index is 0.00000210. The third-order valence-corrected chi connectivity index (χ3v) is 9.56. The minimum atomic E-state index is -3.81. The third kappa shape index (κ3) is 7.19. The highest BCUT2D eigenvalue weighted by Gasteiger charge is 2.39. The van der Waals surface area contributed by atoms with E-state index in [0.717, 1.165) is 42.8 Å². The van der Waals surface area contributed by atoms with Gasteiger partial charge in [-0.2, -0.15) is 3.97 Å². The summed E-state index contributed by atoms with van der Waals surface area (Å²) in [6.45, 7) is 4.00. The second kappa shape index (κ2) is 13.9. The molecule has 1 aromatic carbocycles. The van der Waals surface area contributed by atoms with Gasteiger partial charge in [0, 0.05) is 32.2 Å². The van der Waals surface area contributed by atoms with Gasteiger partial charge >= 0.3 is 5.69 Å². The van der Waals surface area contributed by atoms with Crippen molar-refractivity contribution in [3.05, 3.63) is 34.7 Å². The Bertz CT molecular complexity index is 1270. The zero-order valence-electron chi connectivity index (χ0n) is 22.7. The number of likely N-dealkylation sites (tertiary alicyclic amines) is 1. The van der Waals surface area contributed by atoms with E-state index in [1.165, 1.54) is 44.9 Å². The van der Waals surface area contributed by atoms with Gasteiger partial charge in [-0.15, -0.1) is 24.8 Å². The van der Waals surface area contributed by atoms with Crippen molar-refractivity contribution in [3.63, 3.8) is 0 Å². The largest absolute Gasteiger partial charge is 0.352 e. The van der Waals surface area contributed by atoms with Crippen molar-refractivity contribution in [1.82, 2.24) is 24.1 Å². The van der Waals surface area contributed by atoms with Gasteiger partial charge in [0.15, 0.2) is 0 Å². The molecule has 0 unspecified atom stereocenters. The second-order valence-electron chi connectivity index (χ2n) is 11.3. The molecule has 12 heteroatoms. The molecule has 2 saturated heterocycles. The topological polar surface area (TPSA) is 105 Å². The number of halogens is 2. The number of hydrogen-bond donors (Lipinski definition) is 2. The van der Waals surface area contributed by atoms with Gasteiger partial charge in [-0.3, -0.25) is 9.36 Å². The van der Waals surface area contributed by atoms with Crippen LogP contribution in [0.1, 0.15) is 63.8 Å². The summed E-state index contributed by atoms with van der Waals surface area (Å²) < 4.78 is 27.7. The lowest BCUT2D eigenvalue weighted by atomic mass is 9.87. The number of amides is 1. The van der Waals surface area contributed by atoms with Gasteiger partial charge in [-0.05, 0) is 50.3 Å². The van der Waals surface area contributed by atoms with E-state index in [-0.39, 0.29) is 36.8 Å². The maximum absolute atomic E-state index is 13.7. The van der Waals surface area contributed by atoms with Crippen LogP contribution in [0.3, 0.4) is 0 Å². The van der Waals surface area contributed by atoms with Crippen LogP contribution in [-0.2, 0) is 14.8 Å². The number of nitrogens with zero attached hydrogens (tertiary/aromatic N) is 3. The number of hydrogen-bond acceptors (Lipinski definition) is 6. The molecule has 5 rings (SSSR count). The summed E-state index contributed by atoms with van der Waals surface area (Å²) >= 11 is 0. The van der Waals surface area contributed by atoms with Crippen LogP contribution in [0, 0.1) is 11.8 Å². The third-order valence-electron chi connectivity index (χ3n) is 8.55. The molecule has 0 spiro atoms. The summed E-state index contributed by atoms with van der Waals surface area (Å²) in [6, 6.07) is 6.69. The van der Waals surface area contributed by atoms with Crippen molar-refractivity contribution in [2.24, 2.45) is 11.8 Å². The molecule has 2 aromatic rings. The average Bonchev–Trinajstić information content (AvgIpc) is 3.45. The fourth-order valence-corrected chi connectivity index (χ4v) is 7.58. The predicted octanol–water partition coefficient (Wildman–Crippen LogP) is 3.16. The SMILES string of the molecule is CS(=O)(=O)n1c(=O)n([C@H]2CCN(CC3CCCCCCC3)C[C@@H]2C(=O)N[C@H]2CCNC2)c2ccccc21.Cl.Cl. The molecule has 2 aliphatic heterocycles. The monoisotopic (exact) mass is 603 g/mol. The normalized spacial score (nSPS) is 25.3. The number of para-hydroxylation sites is 2. The molecule has 1 saturated carbocycles. The van der Waals surface area contributed by atoms with Crippen molar-refractivity contribution in [1.29, 1.82) is 0 Å². The van der Waals surface area contributed by atoms with Gasteiger partial charge in [0.1, 0.15) is 0 Å². The molecule has 9 nitrogen and oxygen atoms in total. The maximum atomic E-state index is 13.7. The van der Waals surface area contributed by atoms with Crippen LogP contribution in [0.2, 0.25) is 0 Å². The number of carbonyl (C=O) groups excluding carboxylic acids is 1. The molecule has 3 fully saturated rings. The first-order valence-corrected chi connectivity index (χ1v) is 15.8. The molecule has 1 aliphatic carbocycles. The zero-order valence-corrected chi connectivity index (χ0v) is 25.2. The first-order valence-electron chi connectivity index (χ1n) is 14.0. The van der Waals surface area contributed by atoms with Crippen LogP contribution < -0.4 is 16.3 Å². The van der Waals surface area contributed by atoms with E-state index in [1.807, 2.05) is 6.07 Å². The second-order valence-corrected chi connectivity index (χ2v) is 13.1. The number of imidazole rings is 1. The fourth-order valence-electron chi connectivity index (χ4n) is 6.70. The number of rotatable bonds is 6. The maximum Gasteiger partial charge on any atom is 0.343 e. The summed E-state index contributed by atoms with van der Waals surface area (Å²) in [6.07, 6.45) is 11.6. The van der Waals surface area contributed by atoms with Crippen LogP contribution in [0.25, 0.3) is 11.0 Å². The van der Waals surface area contributed by atoms with E-state index in [1.54, 1.807) is 22.8 Å². The van der Waals surface area contributed by atoms with Gasteiger partial charge in [0.2, 0.25) is 15.9 Å². The molecule has 2 N–H and O–H groups in total. The standard InChI is InChI=1S/C27H41N5O4S.2ClH/c1-37(35,36)32-25-12-8-7-11-24(25)31(27(32)34)23-14-16-30(18-20-9-5-3-2-4-6-10-20)19-22(23)26(33)29-21-13-15-28-17-21;;/h7-8,11-12,20-23,28H,2-6,9-10,13-19H2,1H3,(H,29,33);2*1H/t21-,22-,23-;;/m0../s1. The van der Waals surface area contributed by atoms with E-state index in [2.05, 4.69) is 15.5 Å². The molecule has 3 atom stereocenters. The lowest BCUT2D eigenvalue weighted by molar-refractivity contribution is -0.129. The number of nitrogens with one attached hydrogen (secondary N) is 2. The van der Waals surface area contributed by atoms with E-state index in [4.69, 9.17) is 0 Å². The van der Waals surface area contributed by atoms with Gasteiger partial charge in [-0.25, -0.2) is 13.2 Å². The Morgan fingerprint density at radius 3 is 2.31 bits per heavy atom. The van der Waals surface area contributed by atoms with E-state index in [0.29, 0.717) is 29.9 Å². The Morgan fingerprint density at radius 2 is 1.67 bits per heavy atom. The lowest BCUT2D eigenvalue weighted by Crippen LogP contribution is -2.52. The number of aromatic nitrogens is 2. The molecule has 0 bridgehead atoms. The number of fused-ring (bicyclic) bond motifs is 1. The number of benzene rings is 1. The van der Waals surface area contributed by atoms with Crippen molar-refractivity contribution >= 4 is 51.8 Å². The van der Waals surface area contributed by atoms with E-state index < -0.39 is 27.7 Å². The number of piperidine rings is 1. The highest BCUT2D eigenvalue weighted by atomic mass is 35.5. The van der Waals surface area contributed by atoms with Crippen LogP contribution in [0.15, 0.2) is 29.1 Å². The van der Waals surface area contributed by atoms with Crippen LogP contribution in [-0.4, -0.2) is 72.8 Å². The molecule has 39 heavy (non-hydrogen) atoms. The van der Waals surface area contributed by atoms with Crippen molar-refractivity contribution in [3.8, 4) is 0 Å². The Hall–Kier alpha value is -1.59. The highest BCUT2D eigenvalue weighted by Crippen LogP contribution is 2.33. The molecule has 0 radical (unpaired) electrons. The van der Waals surface area contributed by atoms with Crippen molar-refractivity contribution in [2.45, 2.75) is 69.9 Å². The van der Waals surface area contributed by atoms with Crippen molar-refractivity contribution in [2.75, 3.05) is 39.0 Å². The quantitative estimate of drug-likeness (QED) is 0.525. The molecular formula is C27H43Cl2N5O4S. The molecule has 3 aliphatic rings. The molecule has 1 aromatic heterocycles. The van der Waals surface area contributed by atoms with E-state index >= 15 is 0 Å². The Kier molecular flexibility index (Phi) is 11.3. The van der Waals surface area contributed by atoms with Crippen LogP contribution in [0.5, 0.6) is 0 Å². The summed E-state index contributed by atoms with van der Waals surface area (Å²) in [5.41, 5.74) is 0.352. The van der Waals surface area contributed by atoms with Gasteiger partial charge < -0.3 is 15.5 Å². The molecule has 1 amide bonds. The minimum Gasteiger partial charge on any atom is -0.352 e. The Morgan fingerprint density at radius 1 is 1.00 bits per heavy atom. The van der Waals surface area contributed by atoms with Crippen LogP contribution >= 0.6 is 24.8 Å². The average molecular weight is 605 g/mol.